The van der Waals surface area contributed by atoms with Gasteiger partial charge in [-0.1, -0.05) is 13.8 Å². The number of aromatic nitrogens is 1. The van der Waals surface area contributed by atoms with Gasteiger partial charge >= 0.3 is 0 Å². The molecule has 0 saturated carbocycles. The number of rotatable bonds is 6. The zero-order chi connectivity index (χ0) is 14.4. The molecule has 1 unspecified atom stereocenters. The molecule has 112 valence electrons. The van der Waals surface area contributed by atoms with Crippen molar-refractivity contribution in [2.24, 2.45) is 5.92 Å². The molecule has 20 heavy (non-hydrogen) atoms. The fourth-order valence-electron chi connectivity index (χ4n) is 3.11. The monoisotopic (exact) mass is 279 g/mol. The maximum Gasteiger partial charge on any atom is 0.141 e. The zero-order valence-electron chi connectivity index (χ0n) is 12.6. The summed E-state index contributed by atoms with van der Waals surface area (Å²) in [6.07, 6.45) is 4.85. The smallest absolute Gasteiger partial charge is 0.141 e. The molecule has 2 heterocycles. The van der Waals surface area contributed by atoms with E-state index in [0.29, 0.717) is 6.04 Å². The first-order chi connectivity index (χ1) is 9.74. The van der Waals surface area contributed by atoms with E-state index < -0.39 is 0 Å². The van der Waals surface area contributed by atoms with E-state index >= 15 is 0 Å². The molecular formula is C16H26FN3. The van der Waals surface area contributed by atoms with Gasteiger partial charge in [-0.05, 0) is 56.9 Å². The molecule has 1 fully saturated rings. The molecule has 4 heteroatoms. The van der Waals surface area contributed by atoms with Gasteiger partial charge in [-0.3, -0.25) is 9.88 Å². The van der Waals surface area contributed by atoms with Crippen LogP contribution in [0.5, 0.6) is 0 Å². The number of halogens is 1. The van der Waals surface area contributed by atoms with E-state index in [-0.39, 0.29) is 5.82 Å². The second kappa shape index (κ2) is 7.70. The molecule has 1 atom stereocenters. The highest BCUT2D eigenvalue weighted by molar-refractivity contribution is 5.10. The second-order valence-electron chi connectivity index (χ2n) is 5.61. The van der Waals surface area contributed by atoms with Crippen molar-refractivity contribution in [3.63, 3.8) is 0 Å². The first kappa shape index (κ1) is 15.4. The van der Waals surface area contributed by atoms with Gasteiger partial charge in [0.2, 0.25) is 0 Å². The van der Waals surface area contributed by atoms with E-state index in [9.17, 15) is 4.39 Å². The molecule has 0 bridgehead atoms. The van der Waals surface area contributed by atoms with Crippen molar-refractivity contribution in [2.45, 2.75) is 39.2 Å². The van der Waals surface area contributed by atoms with Gasteiger partial charge in [0.1, 0.15) is 5.82 Å². The average Bonchev–Trinajstić information content (AvgIpc) is 2.49. The summed E-state index contributed by atoms with van der Waals surface area (Å²) in [7, 11) is 0. The van der Waals surface area contributed by atoms with Crippen molar-refractivity contribution in [1.82, 2.24) is 15.2 Å². The van der Waals surface area contributed by atoms with Crippen LogP contribution in [0.25, 0.3) is 0 Å². The van der Waals surface area contributed by atoms with Gasteiger partial charge in [-0.15, -0.1) is 0 Å². The molecule has 0 radical (unpaired) electrons. The Balaban J connectivity index is 2.04. The van der Waals surface area contributed by atoms with E-state index in [1.807, 2.05) is 6.07 Å². The van der Waals surface area contributed by atoms with Gasteiger partial charge < -0.3 is 5.32 Å². The van der Waals surface area contributed by atoms with Crippen molar-refractivity contribution < 1.29 is 4.39 Å². The molecule has 3 nitrogen and oxygen atoms in total. The predicted octanol–water partition coefficient (Wildman–Crippen LogP) is 2.99. The molecule has 0 spiro atoms. The van der Waals surface area contributed by atoms with Crippen LogP contribution in [0.1, 0.15) is 44.8 Å². The Kier molecular flexibility index (Phi) is 5.92. The molecular weight excluding hydrogens is 253 g/mol. The lowest BCUT2D eigenvalue weighted by Crippen LogP contribution is -2.38. The van der Waals surface area contributed by atoms with E-state index in [1.54, 1.807) is 0 Å². The number of nitrogens with one attached hydrogen (secondary N) is 1. The minimum absolute atomic E-state index is 0.259. The van der Waals surface area contributed by atoms with E-state index in [4.69, 9.17) is 0 Å². The Morgan fingerprint density at radius 3 is 2.65 bits per heavy atom. The van der Waals surface area contributed by atoms with Crippen molar-refractivity contribution in [3.8, 4) is 0 Å². The number of pyridine rings is 1. The maximum atomic E-state index is 13.0. The van der Waals surface area contributed by atoms with Crippen LogP contribution in [-0.4, -0.2) is 36.1 Å². The van der Waals surface area contributed by atoms with Crippen LogP contribution in [0.4, 0.5) is 4.39 Å². The quantitative estimate of drug-likeness (QED) is 0.867. The van der Waals surface area contributed by atoms with Crippen LogP contribution in [0.2, 0.25) is 0 Å². The van der Waals surface area contributed by atoms with Crippen LogP contribution in [0.3, 0.4) is 0 Å². The lowest BCUT2D eigenvalue weighted by Gasteiger charge is -2.34. The summed E-state index contributed by atoms with van der Waals surface area (Å²) in [5, 5.41) is 3.41. The topological polar surface area (TPSA) is 28.2 Å². The standard InChI is InChI=1S/C16H26FN3/c1-3-16(15-6-5-14(17)11-19-15)20(4-2)12-13-7-9-18-10-8-13/h5-6,11,13,16,18H,3-4,7-10,12H2,1-2H3. The molecule has 2 rings (SSSR count). The number of hydrogen-bond donors (Lipinski definition) is 1. The summed E-state index contributed by atoms with van der Waals surface area (Å²) in [5.41, 5.74) is 0.990. The van der Waals surface area contributed by atoms with Crippen LogP contribution in [0, 0.1) is 11.7 Å². The van der Waals surface area contributed by atoms with E-state index in [0.717, 1.165) is 44.2 Å². The Morgan fingerprint density at radius 2 is 2.10 bits per heavy atom. The molecule has 1 aliphatic rings. The third kappa shape index (κ3) is 4.00. The largest absolute Gasteiger partial charge is 0.317 e. The highest BCUT2D eigenvalue weighted by Crippen LogP contribution is 2.25. The summed E-state index contributed by atoms with van der Waals surface area (Å²) in [6, 6.07) is 3.65. The van der Waals surface area contributed by atoms with E-state index in [2.05, 4.69) is 29.0 Å². The normalized spacial score (nSPS) is 18.4. The van der Waals surface area contributed by atoms with Crippen molar-refractivity contribution >= 4 is 0 Å². The van der Waals surface area contributed by atoms with Gasteiger partial charge in [0.15, 0.2) is 0 Å². The Bertz CT molecular complexity index is 387. The Labute approximate surface area is 121 Å². The predicted molar refractivity (Wildman–Crippen MR) is 80.1 cm³/mol. The molecule has 0 aromatic carbocycles. The summed E-state index contributed by atoms with van der Waals surface area (Å²) in [6.45, 7) is 8.78. The van der Waals surface area contributed by atoms with Gasteiger partial charge in [0.25, 0.3) is 0 Å². The first-order valence-electron chi connectivity index (χ1n) is 7.80. The number of nitrogens with zero attached hydrogens (tertiary/aromatic N) is 2. The summed E-state index contributed by atoms with van der Waals surface area (Å²) >= 11 is 0. The first-order valence-corrected chi connectivity index (χ1v) is 7.80. The molecule has 1 aromatic heterocycles. The minimum Gasteiger partial charge on any atom is -0.317 e. The maximum absolute atomic E-state index is 13.0. The third-order valence-electron chi connectivity index (χ3n) is 4.28. The Morgan fingerprint density at radius 1 is 1.35 bits per heavy atom. The highest BCUT2D eigenvalue weighted by atomic mass is 19.1. The Hall–Kier alpha value is -1.00. The van der Waals surface area contributed by atoms with Crippen molar-refractivity contribution in [2.75, 3.05) is 26.2 Å². The molecule has 0 amide bonds. The van der Waals surface area contributed by atoms with Crippen molar-refractivity contribution in [1.29, 1.82) is 0 Å². The van der Waals surface area contributed by atoms with Crippen LogP contribution >= 0.6 is 0 Å². The van der Waals surface area contributed by atoms with Gasteiger partial charge in [0.05, 0.1) is 17.9 Å². The fourth-order valence-corrected chi connectivity index (χ4v) is 3.11. The third-order valence-corrected chi connectivity index (χ3v) is 4.28. The fraction of sp³-hybridized carbons (Fsp3) is 0.688. The minimum atomic E-state index is -0.259. The number of hydrogen-bond acceptors (Lipinski definition) is 3. The second-order valence-corrected chi connectivity index (χ2v) is 5.61. The lowest BCUT2D eigenvalue weighted by molar-refractivity contribution is 0.152. The highest BCUT2D eigenvalue weighted by Gasteiger charge is 2.23. The summed E-state index contributed by atoms with van der Waals surface area (Å²) in [5.74, 6) is 0.510. The zero-order valence-corrected chi connectivity index (χ0v) is 12.6. The van der Waals surface area contributed by atoms with E-state index in [1.165, 1.54) is 25.1 Å². The summed E-state index contributed by atoms with van der Waals surface area (Å²) in [4.78, 5) is 6.78. The van der Waals surface area contributed by atoms with Gasteiger partial charge in [0, 0.05) is 6.54 Å². The summed E-state index contributed by atoms with van der Waals surface area (Å²) < 4.78 is 13.0. The SMILES string of the molecule is CCC(c1ccc(F)cn1)N(CC)CC1CCNCC1. The van der Waals surface area contributed by atoms with Crippen LogP contribution in [-0.2, 0) is 0 Å². The van der Waals surface area contributed by atoms with Crippen molar-refractivity contribution in [3.05, 3.63) is 29.8 Å². The molecule has 1 aromatic rings. The molecule has 1 saturated heterocycles. The lowest BCUT2D eigenvalue weighted by atomic mass is 9.96. The van der Waals surface area contributed by atoms with Gasteiger partial charge in [-0.25, -0.2) is 4.39 Å². The average molecular weight is 279 g/mol. The number of piperidine rings is 1. The molecule has 0 aliphatic carbocycles. The molecule has 1 aliphatic heterocycles. The van der Waals surface area contributed by atoms with Crippen LogP contribution < -0.4 is 5.32 Å². The van der Waals surface area contributed by atoms with Gasteiger partial charge in [-0.2, -0.15) is 0 Å². The van der Waals surface area contributed by atoms with Crippen LogP contribution in [0.15, 0.2) is 18.3 Å². The molecule has 1 N–H and O–H groups in total.